The van der Waals surface area contributed by atoms with Crippen LogP contribution in [0.15, 0.2) is 30.3 Å². The number of nitrogens with zero attached hydrogens (tertiary/aromatic N) is 2. The lowest BCUT2D eigenvalue weighted by molar-refractivity contribution is 0.185. The smallest absolute Gasteiger partial charge is 0.315 e. The van der Waals surface area contributed by atoms with E-state index >= 15 is 0 Å². The first-order valence-corrected chi connectivity index (χ1v) is 9.86. The topological polar surface area (TPSA) is 47.6 Å². The van der Waals surface area contributed by atoms with Crippen molar-refractivity contribution < 1.29 is 4.79 Å². The van der Waals surface area contributed by atoms with Gasteiger partial charge in [-0.05, 0) is 50.2 Å². The van der Waals surface area contributed by atoms with Gasteiger partial charge < -0.3 is 20.4 Å². The second-order valence-corrected chi connectivity index (χ2v) is 7.83. The standard InChI is InChI=1S/C20H30N4O/c25-20(22-17-9-12-23(13-10-17)19-6-7-19)21-14-16-8-11-24(15-16)18-4-2-1-3-5-18/h1-5,16-17,19H,6-15H2,(H2,21,22,25)/t16-/m0/s1. The molecule has 2 N–H and O–H groups in total. The molecule has 4 rings (SSSR count). The number of nitrogens with one attached hydrogen (secondary N) is 2. The molecule has 1 aromatic rings. The van der Waals surface area contributed by atoms with E-state index in [0.29, 0.717) is 12.0 Å². The van der Waals surface area contributed by atoms with Gasteiger partial charge in [-0.15, -0.1) is 0 Å². The van der Waals surface area contributed by atoms with Crippen LogP contribution in [0.5, 0.6) is 0 Å². The van der Waals surface area contributed by atoms with Crippen molar-refractivity contribution in [1.29, 1.82) is 0 Å². The van der Waals surface area contributed by atoms with Crippen LogP contribution >= 0.6 is 0 Å². The summed E-state index contributed by atoms with van der Waals surface area (Å²) in [6.45, 7) is 5.17. The van der Waals surface area contributed by atoms with Crippen molar-refractivity contribution in [2.24, 2.45) is 5.92 Å². The van der Waals surface area contributed by atoms with Crippen LogP contribution in [0, 0.1) is 5.92 Å². The van der Waals surface area contributed by atoms with Crippen LogP contribution in [-0.2, 0) is 0 Å². The van der Waals surface area contributed by atoms with Crippen LogP contribution in [-0.4, -0.2) is 55.7 Å². The number of para-hydroxylation sites is 1. The van der Waals surface area contributed by atoms with E-state index in [1.54, 1.807) is 0 Å². The van der Waals surface area contributed by atoms with Crippen LogP contribution < -0.4 is 15.5 Å². The van der Waals surface area contributed by atoms with Crippen molar-refractivity contribution in [3.63, 3.8) is 0 Å². The Morgan fingerprint density at radius 3 is 2.48 bits per heavy atom. The molecule has 3 fully saturated rings. The zero-order valence-corrected chi connectivity index (χ0v) is 15.0. The molecule has 0 unspecified atom stereocenters. The molecule has 5 nitrogen and oxygen atoms in total. The molecule has 2 saturated heterocycles. The number of rotatable bonds is 5. The monoisotopic (exact) mass is 342 g/mol. The van der Waals surface area contributed by atoms with E-state index in [-0.39, 0.29) is 6.03 Å². The van der Waals surface area contributed by atoms with Crippen molar-refractivity contribution in [2.45, 2.75) is 44.2 Å². The number of hydrogen-bond donors (Lipinski definition) is 2. The quantitative estimate of drug-likeness (QED) is 0.864. The molecule has 2 aliphatic heterocycles. The van der Waals surface area contributed by atoms with E-state index in [4.69, 9.17) is 0 Å². The zero-order valence-electron chi connectivity index (χ0n) is 15.0. The molecule has 1 atom stereocenters. The van der Waals surface area contributed by atoms with Crippen LogP contribution in [0.3, 0.4) is 0 Å². The van der Waals surface area contributed by atoms with E-state index < -0.39 is 0 Å². The molecular weight excluding hydrogens is 312 g/mol. The van der Waals surface area contributed by atoms with Crippen molar-refractivity contribution in [2.75, 3.05) is 37.6 Å². The lowest BCUT2D eigenvalue weighted by atomic mass is 10.1. The summed E-state index contributed by atoms with van der Waals surface area (Å²) < 4.78 is 0. The number of piperidine rings is 1. The molecule has 25 heavy (non-hydrogen) atoms. The Morgan fingerprint density at radius 2 is 1.76 bits per heavy atom. The van der Waals surface area contributed by atoms with Gasteiger partial charge in [0.2, 0.25) is 0 Å². The highest BCUT2D eigenvalue weighted by Crippen LogP contribution is 2.29. The molecule has 0 radical (unpaired) electrons. The van der Waals surface area contributed by atoms with E-state index in [1.165, 1.54) is 18.5 Å². The molecule has 2 heterocycles. The van der Waals surface area contributed by atoms with Crippen LogP contribution in [0.4, 0.5) is 10.5 Å². The predicted octanol–water partition coefficient (Wildman–Crippen LogP) is 2.44. The number of amides is 2. The molecule has 136 valence electrons. The predicted molar refractivity (Wildman–Crippen MR) is 101 cm³/mol. The average Bonchev–Trinajstić information content (AvgIpc) is 3.39. The van der Waals surface area contributed by atoms with Gasteiger partial charge in [0.25, 0.3) is 0 Å². The number of benzene rings is 1. The number of urea groups is 1. The van der Waals surface area contributed by atoms with Gasteiger partial charge in [0.15, 0.2) is 0 Å². The fourth-order valence-electron chi connectivity index (χ4n) is 4.19. The van der Waals surface area contributed by atoms with Crippen LogP contribution in [0.25, 0.3) is 0 Å². The summed E-state index contributed by atoms with van der Waals surface area (Å²) in [5, 5.41) is 6.28. The normalized spacial score (nSPS) is 25.1. The number of anilines is 1. The van der Waals surface area contributed by atoms with Crippen molar-refractivity contribution >= 4 is 11.7 Å². The summed E-state index contributed by atoms with van der Waals surface area (Å²) in [5.41, 5.74) is 1.29. The van der Waals surface area contributed by atoms with Gasteiger partial charge in [-0.2, -0.15) is 0 Å². The average molecular weight is 342 g/mol. The van der Waals surface area contributed by atoms with Crippen molar-refractivity contribution in [3.05, 3.63) is 30.3 Å². The largest absolute Gasteiger partial charge is 0.371 e. The molecule has 3 aliphatic rings. The molecule has 5 heteroatoms. The maximum Gasteiger partial charge on any atom is 0.315 e. The minimum absolute atomic E-state index is 0.0167. The van der Waals surface area contributed by atoms with Crippen LogP contribution in [0.1, 0.15) is 32.1 Å². The highest BCUT2D eigenvalue weighted by molar-refractivity contribution is 5.74. The minimum atomic E-state index is 0.0167. The molecule has 1 saturated carbocycles. The first kappa shape index (κ1) is 16.7. The zero-order chi connectivity index (χ0) is 17.1. The summed E-state index contributed by atoms with van der Waals surface area (Å²) in [6, 6.07) is 11.8. The lowest BCUT2D eigenvalue weighted by Crippen LogP contribution is -2.49. The van der Waals surface area contributed by atoms with E-state index in [2.05, 4.69) is 50.8 Å². The van der Waals surface area contributed by atoms with Gasteiger partial charge in [0.05, 0.1) is 0 Å². The van der Waals surface area contributed by atoms with E-state index in [1.807, 2.05) is 0 Å². The Hall–Kier alpha value is -1.75. The molecule has 2 amide bonds. The first-order valence-electron chi connectivity index (χ1n) is 9.86. The molecule has 1 aromatic carbocycles. The number of carbonyl (C=O) groups is 1. The molecule has 1 aliphatic carbocycles. The summed E-state index contributed by atoms with van der Waals surface area (Å²) >= 11 is 0. The third kappa shape index (κ3) is 4.46. The second kappa shape index (κ2) is 7.65. The molecular formula is C20H30N4O. The van der Waals surface area contributed by atoms with Gasteiger partial charge in [-0.1, -0.05) is 18.2 Å². The SMILES string of the molecule is O=C(NC[C@@H]1CCN(c2ccccc2)C1)NC1CCN(C2CC2)CC1. The van der Waals surface area contributed by atoms with E-state index in [9.17, 15) is 4.79 Å². The summed E-state index contributed by atoms with van der Waals surface area (Å²) in [5.74, 6) is 0.544. The number of hydrogen-bond acceptors (Lipinski definition) is 3. The Kier molecular flexibility index (Phi) is 5.11. The lowest BCUT2D eigenvalue weighted by Gasteiger charge is -2.32. The van der Waals surface area contributed by atoms with Gasteiger partial charge in [-0.25, -0.2) is 4.79 Å². The maximum absolute atomic E-state index is 12.2. The molecule has 0 bridgehead atoms. The highest BCUT2D eigenvalue weighted by Gasteiger charge is 2.32. The Morgan fingerprint density at radius 1 is 1.00 bits per heavy atom. The molecule has 0 aromatic heterocycles. The Bertz CT molecular complexity index is 566. The highest BCUT2D eigenvalue weighted by atomic mass is 16.2. The van der Waals surface area contributed by atoms with Gasteiger partial charge >= 0.3 is 6.03 Å². The van der Waals surface area contributed by atoms with Gasteiger partial charge in [0, 0.05) is 50.5 Å². The summed E-state index contributed by atoms with van der Waals surface area (Å²) in [4.78, 5) is 17.2. The maximum atomic E-state index is 12.2. The van der Waals surface area contributed by atoms with Crippen LogP contribution in [0.2, 0.25) is 0 Å². The van der Waals surface area contributed by atoms with Gasteiger partial charge in [0.1, 0.15) is 0 Å². The van der Waals surface area contributed by atoms with Gasteiger partial charge in [-0.3, -0.25) is 0 Å². The fourth-order valence-corrected chi connectivity index (χ4v) is 4.19. The summed E-state index contributed by atoms with van der Waals surface area (Å²) in [7, 11) is 0. The van der Waals surface area contributed by atoms with Crippen molar-refractivity contribution in [1.82, 2.24) is 15.5 Å². The number of carbonyl (C=O) groups excluding carboxylic acids is 1. The first-order chi connectivity index (χ1) is 12.3. The summed E-state index contributed by atoms with van der Waals surface area (Å²) in [6.07, 6.45) is 6.08. The Labute approximate surface area is 150 Å². The van der Waals surface area contributed by atoms with E-state index in [0.717, 1.165) is 58.0 Å². The number of likely N-dealkylation sites (tertiary alicyclic amines) is 1. The molecule has 0 spiro atoms. The third-order valence-electron chi connectivity index (χ3n) is 5.89. The minimum Gasteiger partial charge on any atom is -0.371 e. The Balaban J connectivity index is 1.14. The second-order valence-electron chi connectivity index (χ2n) is 7.83. The van der Waals surface area contributed by atoms with Crippen molar-refractivity contribution in [3.8, 4) is 0 Å². The fraction of sp³-hybridized carbons (Fsp3) is 0.650. The third-order valence-corrected chi connectivity index (χ3v) is 5.89.